The summed E-state index contributed by atoms with van der Waals surface area (Å²) in [6.07, 6.45) is 0.810. The Morgan fingerprint density at radius 2 is 1.93 bits per heavy atom. The van der Waals surface area contributed by atoms with Gasteiger partial charge in [0.1, 0.15) is 11.3 Å². The number of benzene rings is 2. The van der Waals surface area contributed by atoms with Gasteiger partial charge in [0.25, 0.3) is 0 Å². The van der Waals surface area contributed by atoms with E-state index in [-0.39, 0.29) is 6.04 Å². The van der Waals surface area contributed by atoms with E-state index in [9.17, 15) is 0 Å². The lowest BCUT2D eigenvalue weighted by Crippen LogP contribution is -2.24. The normalized spacial score (nSPS) is 12.8. The van der Waals surface area contributed by atoms with E-state index in [4.69, 9.17) is 24.9 Å². The highest BCUT2D eigenvalue weighted by molar-refractivity contribution is 5.86. The van der Waals surface area contributed by atoms with Crippen molar-refractivity contribution < 1.29 is 9.15 Å². The fourth-order valence-corrected chi connectivity index (χ4v) is 3.51. The van der Waals surface area contributed by atoms with Crippen molar-refractivity contribution in [2.24, 2.45) is 5.73 Å². The van der Waals surface area contributed by atoms with Gasteiger partial charge in [-0.05, 0) is 51.3 Å². The molecular formula is C22H24N4O2. The van der Waals surface area contributed by atoms with E-state index < -0.39 is 0 Å². The summed E-state index contributed by atoms with van der Waals surface area (Å²) in [5.41, 5.74) is 8.48. The molecule has 6 heteroatoms. The Morgan fingerprint density at radius 3 is 2.68 bits per heavy atom. The summed E-state index contributed by atoms with van der Waals surface area (Å²) in [6, 6.07) is 15.9. The number of rotatable bonds is 6. The molecule has 0 saturated carbocycles. The highest BCUT2D eigenvalue weighted by Gasteiger charge is 2.21. The second-order valence-electron chi connectivity index (χ2n) is 7.02. The van der Waals surface area contributed by atoms with Crippen LogP contribution in [0.2, 0.25) is 0 Å². The monoisotopic (exact) mass is 376 g/mol. The summed E-state index contributed by atoms with van der Waals surface area (Å²) >= 11 is 0. The summed E-state index contributed by atoms with van der Waals surface area (Å²) in [5.74, 6) is 1.97. The number of aromatic nitrogens is 2. The molecule has 0 saturated heterocycles. The van der Waals surface area contributed by atoms with Gasteiger partial charge in [0.2, 0.25) is 0 Å². The molecule has 4 rings (SSSR count). The molecule has 4 aromatic rings. The Morgan fingerprint density at radius 1 is 1.11 bits per heavy atom. The Hall–Kier alpha value is -2.96. The first kappa shape index (κ1) is 18.4. The molecule has 0 radical (unpaired) electrons. The molecule has 2 aromatic carbocycles. The van der Waals surface area contributed by atoms with Crippen molar-refractivity contribution in [2.75, 3.05) is 27.7 Å². The average molecular weight is 376 g/mol. The minimum absolute atomic E-state index is 0.0983. The van der Waals surface area contributed by atoms with Crippen LogP contribution in [0.4, 0.5) is 0 Å². The molecule has 1 unspecified atom stereocenters. The van der Waals surface area contributed by atoms with E-state index in [0.717, 1.165) is 39.7 Å². The summed E-state index contributed by atoms with van der Waals surface area (Å²) in [5, 5.41) is 2.02. The lowest BCUT2D eigenvalue weighted by Gasteiger charge is -2.24. The van der Waals surface area contributed by atoms with Gasteiger partial charge in [-0.15, -0.1) is 0 Å². The molecule has 0 aliphatic rings. The SMILES string of the molecule is COc1ccc2cc(-c3nc(C(CCN)N(C)C)c4ccccc4n3)oc2c1. The summed E-state index contributed by atoms with van der Waals surface area (Å²) < 4.78 is 11.3. The third-order valence-electron chi connectivity index (χ3n) is 4.96. The maximum absolute atomic E-state index is 6.06. The zero-order chi connectivity index (χ0) is 19.7. The number of methoxy groups -OCH3 is 1. The fraction of sp³-hybridized carbons (Fsp3) is 0.273. The number of hydrogen-bond donors (Lipinski definition) is 1. The van der Waals surface area contributed by atoms with Crippen LogP contribution in [-0.2, 0) is 0 Å². The van der Waals surface area contributed by atoms with Crippen molar-refractivity contribution in [3.63, 3.8) is 0 Å². The fourth-order valence-electron chi connectivity index (χ4n) is 3.51. The smallest absolute Gasteiger partial charge is 0.196 e. The Kier molecular flexibility index (Phi) is 4.98. The lowest BCUT2D eigenvalue weighted by molar-refractivity contribution is 0.283. The second-order valence-corrected chi connectivity index (χ2v) is 7.02. The van der Waals surface area contributed by atoms with Crippen LogP contribution in [0, 0.1) is 0 Å². The molecule has 1 atom stereocenters. The number of furan rings is 1. The van der Waals surface area contributed by atoms with Crippen LogP contribution in [-0.4, -0.2) is 42.6 Å². The summed E-state index contributed by atoms with van der Waals surface area (Å²) in [4.78, 5) is 11.8. The van der Waals surface area contributed by atoms with Crippen LogP contribution in [0.3, 0.4) is 0 Å². The van der Waals surface area contributed by atoms with Crippen LogP contribution in [0.15, 0.2) is 52.9 Å². The quantitative estimate of drug-likeness (QED) is 0.548. The van der Waals surface area contributed by atoms with Crippen molar-refractivity contribution in [2.45, 2.75) is 12.5 Å². The van der Waals surface area contributed by atoms with Gasteiger partial charge in [0.15, 0.2) is 11.6 Å². The van der Waals surface area contributed by atoms with Crippen molar-refractivity contribution in [3.8, 4) is 17.3 Å². The first-order chi connectivity index (χ1) is 13.6. The number of nitrogens with two attached hydrogens (primary N) is 1. The maximum atomic E-state index is 6.06. The van der Waals surface area contributed by atoms with E-state index in [0.29, 0.717) is 18.1 Å². The number of fused-ring (bicyclic) bond motifs is 2. The first-order valence-electron chi connectivity index (χ1n) is 9.32. The van der Waals surface area contributed by atoms with Crippen LogP contribution in [0.1, 0.15) is 18.2 Å². The van der Waals surface area contributed by atoms with Crippen molar-refractivity contribution in [1.82, 2.24) is 14.9 Å². The van der Waals surface area contributed by atoms with Crippen LogP contribution in [0.25, 0.3) is 33.5 Å². The van der Waals surface area contributed by atoms with E-state index in [2.05, 4.69) is 11.0 Å². The van der Waals surface area contributed by atoms with Crippen LogP contribution >= 0.6 is 0 Å². The van der Waals surface area contributed by atoms with Gasteiger partial charge in [0.05, 0.1) is 24.4 Å². The van der Waals surface area contributed by atoms with Gasteiger partial charge in [-0.3, -0.25) is 0 Å². The Bertz CT molecular complexity index is 1120. The third kappa shape index (κ3) is 3.32. The van der Waals surface area contributed by atoms with Crippen LogP contribution < -0.4 is 10.5 Å². The molecule has 0 aliphatic carbocycles. The molecule has 0 fully saturated rings. The predicted molar refractivity (Wildman–Crippen MR) is 111 cm³/mol. The van der Waals surface area contributed by atoms with Gasteiger partial charge in [0, 0.05) is 16.8 Å². The third-order valence-corrected chi connectivity index (χ3v) is 4.96. The van der Waals surface area contributed by atoms with E-state index >= 15 is 0 Å². The number of para-hydroxylation sites is 1. The Balaban J connectivity index is 1.90. The molecular weight excluding hydrogens is 352 g/mol. The van der Waals surface area contributed by atoms with E-state index in [1.54, 1.807) is 7.11 Å². The van der Waals surface area contributed by atoms with Gasteiger partial charge in [-0.1, -0.05) is 18.2 Å². The van der Waals surface area contributed by atoms with Crippen LogP contribution in [0.5, 0.6) is 5.75 Å². The zero-order valence-corrected chi connectivity index (χ0v) is 16.3. The molecule has 0 spiro atoms. The summed E-state index contributed by atoms with van der Waals surface area (Å²) in [7, 11) is 5.73. The first-order valence-corrected chi connectivity index (χ1v) is 9.32. The van der Waals surface area contributed by atoms with Gasteiger partial charge < -0.3 is 19.8 Å². The zero-order valence-electron chi connectivity index (χ0n) is 16.3. The lowest BCUT2D eigenvalue weighted by atomic mass is 10.0. The largest absolute Gasteiger partial charge is 0.497 e. The second kappa shape index (κ2) is 7.58. The van der Waals surface area contributed by atoms with Gasteiger partial charge in [-0.2, -0.15) is 0 Å². The molecule has 0 amide bonds. The van der Waals surface area contributed by atoms with Crippen molar-refractivity contribution >= 4 is 21.9 Å². The molecule has 2 N–H and O–H groups in total. The number of ether oxygens (including phenoxy) is 1. The molecule has 2 heterocycles. The molecule has 144 valence electrons. The average Bonchev–Trinajstić information content (AvgIpc) is 3.14. The molecule has 0 bridgehead atoms. The molecule has 0 aliphatic heterocycles. The molecule has 6 nitrogen and oxygen atoms in total. The highest BCUT2D eigenvalue weighted by Crippen LogP contribution is 2.32. The van der Waals surface area contributed by atoms with E-state index in [1.165, 1.54) is 0 Å². The maximum Gasteiger partial charge on any atom is 0.196 e. The Labute approximate surface area is 163 Å². The minimum atomic E-state index is 0.0983. The van der Waals surface area contributed by atoms with Gasteiger partial charge >= 0.3 is 0 Å². The van der Waals surface area contributed by atoms with Crippen molar-refractivity contribution in [1.29, 1.82) is 0 Å². The van der Waals surface area contributed by atoms with Crippen molar-refractivity contribution in [3.05, 3.63) is 54.2 Å². The summed E-state index contributed by atoms with van der Waals surface area (Å²) in [6.45, 7) is 0.584. The predicted octanol–water partition coefficient (Wildman–Crippen LogP) is 4.00. The number of hydrogen-bond acceptors (Lipinski definition) is 6. The topological polar surface area (TPSA) is 77.4 Å². The minimum Gasteiger partial charge on any atom is -0.497 e. The number of nitrogens with zero attached hydrogens (tertiary/aromatic N) is 3. The highest BCUT2D eigenvalue weighted by atomic mass is 16.5. The molecule has 28 heavy (non-hydrogen) atoms. The standard InChI is InChI=1S/C22H24N4O2/c1-26(2)18(10-11-23)21-16-6-4-5-7-17(16)24-22(25-21)20-12-14-8-9-15(27-3)13-19(14)28-20/h4-9,12-13,18H,10-11,23H2,1-3H3. The van der Waals surface area contributed by atoms with E-state index in [1.807, 2.05) is 56.6 Å². The van der Waals surface area contributed by atoms with Gasteiger partial charge in [-0.25, -0.2) is 9.97 Å². The molecule has 2 aromatic heterocycles.